The molecule has 1 N–H and O–H groups in total. The third kappa shape index (κ3) is 2.86. The molecule has 1 aliphatic carbocycles. The number of nitrogens with zero attached hydrogens (tertiary/aromatic N) is 3. The summed E-state index contributed by atoms with van der Waals surface area (Å²) >= 11 is 0. The lowest BCUT2D eigenvalue weighted by Gasteiger charge is -2.38. The highest BCUT2D eigenvalue weighted by Gasteiger charge is 2.53. The van der Waals surface area contributed by atoms with Gasteiger partial charge >= 0.3 is 5.97 Å². The Morgan fingerprint density at radius 3 is 3.04 bits per heavy atom. The number of hydrogen-bond acceptors (Lipinski definition) is 3. The molecule has 5 nitrogen and oxygen atoms in total. The van der Waals surface area contributed by atoms with E-state index in [0.717, 1.165) is 56.4 Å². The molecular weight excluding hydrogens is 314 g/mol. The van der Waals surface area contributed by atoms with Crippen LogP contribution in [0.25, 0.3) is 5.69 Å². The summed E-state index contributed by atoms with van der Waals surface area (Å²) in [7, 11) is 0. The molecule has 2 atom stereocenters. The highest BCUT2D eigenvalue weighted by molar-refractivity contribution is 5.76. The lowest BCUT2D eigenvalue weighted by atomic mass is 9.70. The number of likely N-dealkylation sites (tertiary alicyclic amines) is 1. The summed E-state index contributed by atoms with van der Waals surface area (Å²) in [6.45, 7) is 3.73. The van der Waals surface area contributed by atoms with Crippen molar-refractivity contribution in [3.05, 3.63) is 47.8 Å². The van der Waals surface area contributed by atoms with Gasteiger partial charge in [-0.05, 0) is 50.4 Å². The average molecular weight is 339 g/mol. The van der Waals surface area contributed by atoms with Gasteiger partial charge in [0.1, 0.15) is 0 Å². The van der Waals surface area contributed by atoms with Crippen LogP contribution in [0.15, 0.2) is 36.7 Å². The van der Waals surface area contributed by atoms with Crippen LogP contribution in [0.4, 0.5) is 0 Å². The number of aliphatic carboxylic acids is 1. The van der Waals surface area contributed by atoms with Gasteiger partial charge in [-0.3, -0.25) is 9.69 Å². The number of aromatic nitrogens is 2. The molecule has 0 unspecified atom stereocenters. The van der Waals surface area contributed by atoms with Crippen molar-refractivity contribution in [3.8, 4) is 5.69 Å². The smallest absolute Gasteiger partial charge is 0.311 e. The predicted octanol–water partition coefficient (Wildman–Crippen LogP) is 3.40. The molecule has 1 aromatic carbocycles. The zero-order chi connectivity index (χ0) is 17.4. The molecule has 1 saturated carbocycles. The maximum absolute atomic E-state index is 11.9. The number of aryl methyl sites for hydroxylation is 1. The highest BCUT2D eigenvalue weighted by atomic mass is 16.4. The first-order valence-corrected chi connectivity index (χ1v) is 9.16. The van der Waals surface area contributed by atoms with Crippen LogP contribution in [-0.2, 0) is 11.3 Å². The Bertz CT molecular complexity index is 785. The number of carboxylic acid groups (broad SMARTS) is 1. The topological polar surface area (TPSA) is 58.4 Å². The lowest BCUT2D eigenvalue weighted by Crippen LogP contribution is -2.46. The molecule has 132 valence electrons. The van der Waals surface area contributed by atoms with E-state index in [4.69, 9.17) is 0 Å². The third-order valence-electron chi connectivity index (χ3n) is 5.99. The first-order valence-electron chi connectivity index (χ1n) is 9.16. The van der Waals surface area contributed by atoms with Gasteiger partial charge in [0, 0.05) is 24.3 Å². The zero-order valence-electron chi connectivity index (χ0n) is 14.7. The van der Waals surface area contributed by atoms with Gasteiger partial charge < -0.3 is 5.11 Å². The maximum Gasteiger partial charge on any atom is 0.311 e. The van der Waals surface area contributed by atoms with Gasteiger partial charge in [0.05, 0.1) is 17.3 Å². The summed E-state index contributed by atoms with van der Waals surface area (Å²) in [6.07, 6.45) is 8.76. The predicted molar refractivity (Wildman–Crippen MR) is 95.7 cm³/mol. The molecule has 1 aliphatic heterocycles. The molecule has 25 heavy (non-hydrogen) atoms. The van der Waals surface area contributed by atoms with Crippen LogP contribution in [-0.4, -0.2) is 38.3 Å². The van der Waals surface area contributed by atoms with E-state index in [1.165, 1.54) is 5.56 Å². The molecule has 2 fully saturated rings. The van der Waals surface area contributed by atoms with Gasteiger partial charge in [0.25, 0.3) is 0 Å². The summed E-state index contributed by atoms with van der Waals surface area (Å²) in [4.78, 5) is 14.3. The Labute approximate surface area is 148 Å². The van der Waals surface area contributed by atoms with Crippen molar-refractivity contribution in [2.75, 3.05) is 6.54 Å². The van der Waals surface area contributed by atoms with Crippen LogP contribution in [0.5, 0.6) is 0 Å². The molecule has 5 heteroatoms. The van der Waals surface area contributed by atoms with E-state index in [1.807, 2.05) is 16.9 Å². The molecule has 0 spiro atoms. The standard InChI is InChI=1S/C20H25N3O2/c1-15-5-4-6-17(11-15)23-14-16(12-21-23)13-22-10-9-20(19(24)25)8-3-2-7-18(20)22/h4-6,11-12,14,18H,2-3,7-10,13H2,1H3,(H,24,25)/t18-,20+/m0/s1. The van der Waals surface area contributed by atoms with Crippen LogP contribution in [0, 0.1) is 12.3 Å². The summed E-state index contributed by atoms with van der Waals surface area (Å²) in [5, 5.41) is 14.3. The second kappa shape index (κ2) is 6.30. The Morgan fingerprint density at radius 2 is 2.24 bits per heavy atom. The fraction of sp³-hybridized carbons (Fsp3) is 0.500. The van der Waals surface area contributed by atoms with E-state index >= 15 is 0 Å². The van der Waals surface area contributed by atoms with Crippen LogP contribution in [0.3, 0.4) is 0 Å². The van der Waals surface area contributed by atoms with Crippen molar-refractivity contribution in [2.24, 2.45) is 5.41 Å². The van der Waals surface area contributed by atoms with Gasteiger partial charge in [0.2, 0.25) is 0 Å². The largest absolute Gasteiger partial charge is 0.481 e. The van der Waals surface area contributed by atoms with Crippen molar-refractivity contribution >= 4 is 5.97 Å². The Kier molecular flexibility index (Phi) is 4.12. The Hall–Kier alpha value is -2.14. The SMILES string of the molecule is Cc1cccc(-n2cc(CN3CC[C@]4(C(=O)O)CCCC[C@H]34)cn2)c1. The van der Waals surface area contributed by atoms with Crippen molar-refractivity contribution < 1.29 is 9.90 Å². The van der Waals surface area contributed by atoms with E-state index < -0.39 is 11.4 Å². The highest BCUT2D eigenvalue weighted by Crippen LogP contribution is 2.47. The maximum atomic E-state index is 11.9. The summed E-state index contributed by atoms with van der Waals surface area (Å²) in [6, 6.07) is 8.45. The first-order chi connectivity index (χ1) is 12.1. The van der Waals surface area contributed by atoms with E-state index in [0.29, 0.717) is 0 Å². The fourth-order valence-corrected chi connectivity index (χ4v) is 4.68. The Morgan fingerprint density at radius 1 is 1.36 bits per heavy atom. The van der Waals surface area contributed by atoms with Crippen LogP contribution < -0.4 is 0 Å². The number of carbonyl (C=O) groups is 1. The molecule has 0 amide bonds. The van der Waals surface area contributed by atoms with E-state index in [-0.39, 0.29) is 6.04 Å². The lowest BCUT2D eigenvalue weighted by molar-refractivity contribution is -0.152. The molecule has 1 saturated heterocycles. The van der Waals surface area contributed by atoms with Crippen molar-refractivity contribution in [3.63, 3.8) is 0 Å². The quantitative estimate of drug-likeness (QED) is 0.927. The number of fused-ring (bicyclic) bond motifs is 1. The second-order valence-corrected chi connectivity index (χ2v) is 7.58. The van der Waals surface area contributed by atoms with E-state index in [9.17, 15) is 9.90 Å². The zero-order valence-corrected chi connectivity index (χ0v) is 14.7. The number of rotatable bonds is 4. The number of carboxylic acids is 1. The van der Waals surface area contributed by atoms with Gasteiger partial charge in [-0.1, -0.05) is 25.0 Å². The van der Waals surface area contributed by atoms with Crippen molar-refractivity contribution in [1.82, 2.24) is 14.7 Å². The molecule has 0 radical (unpaired) electrons. The number of benzene rings is 1. The minimum atomic E-state index is -0.602. The summed E-state index contributed by atoms with van der Waals surface area (Å²) < 4.78 is 1.91. The Balaban J connectivity index is 1.52. The van der Waals surface area contributed by atoms with Crippen LogP contribution in [0.2, 0.25) is 0 Å². The molecule has 0 bridgehead atoms. The monoisotopic (exact) mass is 339 g/mol. The van der Waals surface area contributed by atoms with Gasteiger partial charge in [-0.2, -0.15) is 5.10 Å². The first kappa shape index (κ1) is 16.3. The molecule has 2 heterocycles. The van der Waals surface area contributed by atoms with Crippen molar-refractivity contribution in [2.45, 2.75) is 51.6 Å². The molecule has 2 aliphatic rings. The van der Waals surface area contributed by atoms with E-state index in [1.54, 1.807) is 0 Å². The average Bonchev–Trinajstić information content (AvgIpc) is 3.21. The normalized spacial score (nSPS) is 26.5. The van der Waals surface area contributed by atoms with Gasteiger partial charge in [0.15, 0.2) is 0 Å². The minimum Gasteiger partial charge on any atom is -0.481 e. The third-order valence-corrected chi connectivity index (χ3v) is 5.99. The molecular formula is C20H25N3O2. The van der Waals surface area contributed by atoms with Crippen LogP contribution in [0.1, 0.15) is 43.2 Å². The van der Waals surface area contributed by atoms with Crippen LogP contribution >= 0.6 is 0 Å². The molecule has 2 aromatic rings. The second-order valence-electron chi connectivity index (χ2n) is 7.58. The van der Waals surface area contributed by atoms with Crippen molar-refractivity contribution in [1.29, 1.82) is 0 Å². The fourth-order valence-electron chi connectivity index (χ4n) is 4.68. The summed E-state index contributed by atoms with van der Waals surface area (Å²) in [5.41, 5.74) is 2.89. The van der Waals surface area contributed by atoms with Gasteiger partial charge in [-0.15, -0.1) is 0 Å². The number of hydrogen-bond donors (Lipinski definition) is 1. The van der Waals surface area contributed by atoms with E-state index in [2.05, 4.69) is 41.3 Å². The molecule has 1 aromatic heterocycles. The van der Waals surface area contributed by atoms with Gasteiger partial charge in [-0.25, -0.2) is 4.68 Å². The minimum absolute atomic E-state index is 0.168. The summed E-state index contributed by atoms with van der Waals surface area (Å²) in [5.74, 6) is -0.602. The molecule has 4 rings (SSSR count).